The van der Waals surface area contributed by atoms with Crippen LogP contribution >= 0.6 is 11.6 Å². The number of amides is 1. The zero-order valence-corrected chi connectivity index (χ0v) is 22.6. The van der Waals surface area contributed by atoms with E-state index in [4.69, 9.17) is 16.7 Å². The Labute approximate surface area is 230 Å². The first-order valence-corrected chi connectivity index (χ1v) is 12.9. The molecule has 1 saturated heterocycles. The highest BCUT2D eigenvalue weighted by Gasteiger charge is 2.34. The van der Waals surface area contributed by atoms with Gasteiger partial charge >= 0.3 is 5.69 Å². The van der Waals surface area contributed by atoms with Crippen molar-refractivity contribution in [2.45, 2.75) is 25.4 Å². The third kappa shape index (κ3) is 5.45. The second-order valence-corrected chi connectivity index (χ2v) is 10.7. The van der Waals surface area contributed by atoms with Crippen LogP contribution in [-0.4, -0.2) is 63.2 Å². The van der Waals surface area contributed by atoms with Crippen molar-refractivity contribution < 1.29 is 19.4 Å². The summed E-state index contributed by atoms with van der Waals surface area (Å²) in [6, 6.07) is 7.40. The van der Waals surface area contributed by atoms with Crippen LogP contribution in [0.4, 0.5) is 4.39 Å². The second kappa shape index (κ2) is 10.2. The molecule has 3 aliphatic rings. The molecule has 0 saturated carbocycles. The number of likely N-dealkylation sites (N-methyl/N-ethyl adjacent to an activating group) is 1. The molecule has 1 aromatic heterocycles. The van der Waals surface area contributed by atoms with E-state index < -0.39 is 11.4 Å². The minimum Gasteiger partial charge on any atom is -0.507 e. The number of hydrogen-bond donors (Lipinski definition) is 3. The van der Waals surface area contributed by atoms with Crippen LogP contribution in [0.3, 0.4) is 0 Å². The van der Waals surface area contributed by atoms with Gasteiger partial charge in [0, 0.05) is 50.4 Å². The number of phenols is 1. The largest absolute Gasteiger partial charge is 0.507 e. The van der Waals surface area contributed by atoms with E-state index in [1.807, 2.05) is 6.92 Å². The van der Waals surface area contributed by atoms with Crippen molar-refractivity contribution in [3.63, 3.8) is 0 Å². The fraction of sp³-hybridized carbons (Fsp3) is 0.286. The van der Waals surface area contributed by atoms with Crippen LogP contribution in [0.1, 0.15) is 25.3 Å². The van der Waals surface area contributed by atoms with Gasteiger partial charge in [-0.1, -0.05) is 23.1 Å². The number of allylic oxidation sites excluding steroid dienone is 2. The predicted octanol–water partition coefficient (Wildman–Crippen LogP) is 3.20. The van der Waals surface area contributed by atoms with Crippen LogP contribution in [-0.2, 0) is 11.8 Å². The fourth-order valence-electron chi connectivity index (χ4n) is 4.77. The summed E-state index contributed by atoms with van der Waals surface area (Å²) in [5.41, 5.74) is 3.07. The number of imidazole rings is 1. The molecule has 2 aromatic carbocycles. The zero-order chi connectivity index (χ0) is 28.1. The second-order valence-electron chi connectivity index (χ2n) is 10.3. The predicted molar refractivity (Wildman–Crippen MR) is 149 cm³/mol. The number of β-amino-alcohol motifs (C(OH)–C–C–N with tert-alkyl or cyclic N) is 1. The van der Waals surface area contributed by atoms with E-state index >= 15 is 0 Å². The van der Waals surface area contributed by atoms with Gasteiger partial charge in [0.15, 0.2) is 7.28 Å². The number of nitrogens with one attached hydrogen (secondary N) is 1. The minimum absolute atomic E-state index is 0.108. The quantitative estimate of drug-likeness (QED) is 0.436. The number of aromatic hydroxyl groups is 1. The molecule has 1 fully saturated rings. The summed E-state index contributed by atoms with van der Waals surface area (Å²) in [6.45, 7) is 3.58. The van der Waals surface area contributed by atoms with Gasteiger partial charge in [0.05, 0.1) is 16.3 Å². The molecule has 0 aliphatic carbocycles. The van der Waals surface area contributed by atoms with Crippen molar-refractivity contribution in [2.75, 3.05) is 20.1 Å². The average Bonchev–Trinajstić information content (AvgIpc) is 3.45. The van der Waals surface area contributed by atoms with Crippen LogP contribution in [0.2, 0.25) is 5.02 Å². The summed E-state index contributed by atoms with van der Waals surface area (Å²) in [4.78, 5) is 25.9. The van der Waals surface area contributed by atoms with E-state index in [1.54, 1.807) is 58.2 Å². The number of phenolic OH excluding ortho intramolecular Hbond substituents is 1. The molecule has 1 unspecified atom stereocenters. The highest BCUT2D eigenvalue weighted by atomic mass is 35.5. The van der Waals surface area contributed by atoms with Crippen LogP contribution in [0.5, 0.6) is 5.75 Å². The van der Waals surface area contributed by atoms with Crippen LogP contribution in [0, 0.1) is 5.82 Å². The van der Waals surface area contributed by atoms with Crippen molar-refractivity contribution in [1.82, 2.24) is 19.4 Å². The first-order valence-electron chi connectivity index (χ1n) is 12.5. The molecule has 1 radical (unpaired) electrons. The Morgan fingerprint density at radius 2 is 1.87 bits per heavy atom. The van der Waals surface area contributed by atoms with E-state index in [2.05, 4.69) is 5.32 Å². The van der Waals surface area contributed by atoms with Crippen molar-refractivity contribution in [1.29, 1.82) is 0 Å². The Morgan fingerprint density at radius 3 is 2.46 bits per heavy atom. The molecular weight excluding hydrogens is 522 g/mol. The van der Waals surface area contributed by atoms with Gasteiger partial charge in [-0.3, -0.25) is 9.36 Å². The molecule has 8 nitrogen and oxygen atoms in total. The zero-order valence-electron chi connectivity index (χ0n) is 21.8. The number of benzene rings is 2. The molecule has 3 N–H and O–H groups in total. The van der Waals surface area contributed by atoms with Gasteiger partial charge < -0.3 is 25.0 Å². The third-order valence-electron chi connectivity index (χ3n) is 7.09. The molecule has 6 rings (SSSR count). The third-order valence-corrected chi connectivity index (χ3v) is 7.40. The molecular formula is C28H28BClFN4O4. The van der Waals surface area contributed by atoms with Gasteiger partial charge in [-0.25, -0.2) is 9.18 Å². The molecule has 0 spiro atoms. The van der Waals surface area contributed by atoms with Gasteiger partial charge in [-0.2, -0.15) is 0 Å². The summed E-state index contributed by atoms with van der Waals surface area (Å²) < 4.78 is 17.4. The smallest absolute Gasteiger partial charge is 0.332 e. The highest BCUT2D eigenvalue weighted by molar-refractivity contribution is 6.75. The Morgan fingerprint density at radius 1 is 1.13 bits per heavy atom. The van der Waals surface area contributed by atoms with Gasteiger partial charge in [0.25, 0.3) is 0 Å². The van der Waals surface area contributed by atoms with Crippen molar-refractivity contribution in [2.24, 2.45) is 7.05 Å². The number of rotatable bonds is 3. The number of carbonyl (C=O) groups excluding carboxylic acids is 1. The fourth-order valence-corrected chi connectivity index (χ4v) is 5.04. The van der Waals surface area contributed by atoms with E-state index in [0.717, 1.165) is 25.0 Å². The number of aliphatic hydroxyl groups is 1. The molecule has 1 amide bonds. The molecule has 4 heterocycles. The highest BCUT2D eigenvalue weighted by Crippen LogP contribution is 2.43. The summed E-state index contributed by atoms with van der Waals surface area (Å²) in [5.74, 6) is -0.756. The van der Waals surface area contributed by atoms with Crippen LogP contribution < -0.4 is 11.0 Å². The maximum atomic E-state index is 14.6. The average molecular weight is 550 g/mol. The number of aryl methyl sites for hydroxylation is 1. The first-order chi connectivity index (χ1) is 18.4. The molecule has 3 aromatic rings. The van der Waals surface area contributed by atoms with Gasteiger partial charge in [0.1, 0.15) is 11.6 Å². The van der Waals surface area contributed by atoms with Crippen molar-refractivity contribution >= 4 is 30.4 Å². The summed E-state index contributed by atoms with van der Waals surface area (Å²) in [7, 11) is 5.07. The summed E-state index contributed by atoms with van der Waals surface area (Å²) in [6.07, 6.45) is 6.18. The summed E-state index contributed by atoms with van der Waals surface area (Å²) >= 11 is 6.45. The topological polar surface area (TPSA) is 99.7 Å². The normalized spacial score (nSPS) is 20.1. The Hall–Kier alpha value is -3.60. The molecule has 201 valence electrons. The van der Waals surface area contributed by atoms with Crippen LogP contribution in [0.15, 0.2) is 64.7 Å². The van der Waals surface area contributed by atoms with E-state index in [0.29, 0.717) is 34.3 Å². The molecule has 39 heavy (non-hydrogen) atoms. The lowest BCUT2D eigenvalue weighted by Crippen LogP contribution is -2.26. The molecule has 0 bridgehead atoms. The number of halogens is 2. The number of aromatic nitrogens is 2. The number of carbonyl (C=O) groups is 1. The van der Waals surface area contributed by atoms with Gasteiger partial charge in [0.2, 0.25) is 5.91 Å². The van der Waals surface area contributed by atoms with Crippen LogP contribution in [0.25, 0.3) is 22.4 Å². The SMILES string of the molecule is CC1(O)CCNC1.CN1C=C(c2cc(F)cc(-c3ccc(-n4ccn(C)c4=O)c(Cl)c3)c2O)CC2=C([B]2)C1=O. The lowest BCUT2D eigenvalue weighted by Gasteiger charge is -2.16. The maximum absolute atomic E-state index is 14.6. The summed E-state index contributed by atoms with van der Waals surface area (Å²) in [5, 5.41) is 23.5. The molecule has 11 heteroatoms. The minimum atomic E-state index is -0.527. The Kier molecular flexibility index (Phi) is 7.05. The van der Waals surface area contributed by atoms with E-state index in [9.17, 15) is 19.1 Å². The first kappa shape index (κ1) is 27.0. The molecule has 3 aliphatic heterocycles. The van der Waals surface area contributed by atoms with E-state index in [-0.39, 0.29) is 27.9 Å². The van der Waals surface area contributed by atoms with E-state index in [1.165, 1.54) is 26.2 Å². The van der Waals surface area contributed by atoms with Crippen molar-refractivity contribution in [3.05, 3.63) is 86.8 Å². The van der Waals surface area contributed by atoms with Gasteiger partial charge in [-0.05, 0) is 67.2 Å². The standard InChI is InChI=1S/C23H17BClFN3O3.C5H11NO/c1-27-5-6-29(23(27)32)19-4-3-12(8-18(19)25)15-9-14(26)10-16(21(15)30)13-7-17-20(24-17)22(31)28(2)11-13;1-5(7)2-3-6-4-5/h3-6,8-11,30H,7H2,1-2H3;6-7H,2-4H2,1H3. The number of hydrogen-bond acceptors (Lipinski definition) is 5. The Balaban J connectivity index is 0.000000384. The maximum Gasteiger partial charge on any atom is 0.332 e. The lowest BCUT2D eigenvalue weighted by atomic mass is 9.86. The number of nitrogens with zero attached hydrogens (tertiary/aromatic N) is 3. The Bertz CT molecular complexity index is 1600. The molecule has 1 atom stereocenters. The van der Waals surface area contributed by atoms with Crippen molar-refractivity contribution in [3.8, 4) is 22.6 Å². The van der Waals surface area contributed by atoms with Gasteiger partial charge in [-0.15, -0.1) is 0 Å². The monoisotopic (exact) mass is 549 g/mol. The lowest BCUT2D eigenvalue weighted by molar-refractivity contribution is -0.122.